The molecule has 1 aromatic carbocycles. The van der Waals surface area contributed by atoms with Gasteiger partial charge in [-0.05, 0) is 63.9 Å². The van der Waals surface area contributed by atoms with Crippen LogP contribution in [0.5, 0.6) is 11.5 Å². The lowest BCUT2D eigenvalue weighted by molar-refractivity contribution is -0.118. The number of ether oxygens (including phenoxy) is 2. The fourth-order valence-electron chi connectivity index (χ4n) is 4.57. The van der Waals surface area contributed by atoms with Crippen molar-refractivity contribution < 1.29 is 14.3 Å². The number of ketones is 1. The highest BCUT2D eigenvalue weighted by Gasteiger charge is 2.23. The number of nitrogens with zero attached hydrogens (tertiary/aromatic N) is 3. The van der Waals surface area contributed by atoms with Crippen molar-refractivity contribution in [1.82, 2.24) is 9.80 Å². The fraction of sp³-hybridized carbons (Fsp3) is 0.682. The van der Waals surface area contributed by atoms with E-state index in [1.54, 1.807) is 6.92 Å². The van der Waals surface area contributed by atoms with Crippen LogP contribution < -0.4 is 14.4 Å². The lowest BCUT2D eigenvalue weighted by Gasteiger charge is -2.38. The van der Waals surface area contributed by atoms with Crippen molar-refractivity contribution >= 4 is 11.5 Å². The van der Waals surface area contributed by atoms with Gasteiger partial charge in [0.15, 0.2) is 11.5 Å². The lowest BCUT2D eigenvalue weighted by Crippen LogP contribution is -2.47. The molecule has 6 nitrogen and oxygen atoms in total. The Morgan fingerprint density at radius 3 is 2.39 bits per heavy atom. The monoisotopic (exact) mass is 387 g/mol. The second-order valence-electron chi connectivity index (χ2n) is 8.37. The molecule has 0 aromatic heterocycles. The number of benzene rings is 1. The summed E-state index contributed by atoms with van der Waals surface area (Å²) in [7, 11) is 0. The Bertz CT molecular complexity index is 665. The second kappa shape index (κ2) is 9.14. The van der Waals surface area contributed by atoms with Gasteiger partial charge >= 0.3 is 0 Å². The van der Waals surface area contributed by atoms with Crippen LogP contribution in [0.15, 0.2) is 18.2 Å². The van der Waals surface area contributed by atoms with Gasteiger partial charge in [-0.15, -0.1) is 0 Å². The highest BCUT2D eigenvalue weighted by Crippen LogP contribution is 2.34. The Morgan fingerprint density at radius 2 is 1.68 bits per heavy atom. The van der Waals surface area contributed by atoms with E-state index in [9.17, 15) is 4.79 Å². The maximum absolute atomic E-state index is 11.3. The number of rotatable bonds is 6. The van der Waals surface area contributed by atoms with Gasteiger partial charge in [0, 0.05) is 37.9 Å². The van der Waals surface area contributed by atoms with Crippen LogP contribution in [0.4, 0.5) is 5.69 Å². The van der Waals surface area contributed by atoms with Crippen LogP contribution in [-0.4, -0.2) is 81.2 Å². The van der Waals surface area contributed by atoms with E-state index in [-0.39, 0.29) is 5.78 Å². The Balaban J connectivity index is 1.18. The van der Waals surface area contributed by atoms with Crippen molar-refractivity contribution in [2.24, 2.45) is 5.92 Å². The van der Waals surface area contributed by atoms with E-state index in [1.807, 2.05) is 6.07 Å². The average molecular weight is 388 g/mol. The molecule has 0 aliphatic carbocycles. The average Bonchev–Trinajstić information content (AvgIpc) is 2.73. The third kappa shape index (κ3) is 4.97. The van der Waals surface area contributed by atoms with Gasteiger partial charge in [-0.2, -0.15) is 0 Å². The molecule has 0 radical (unpaired) electrons. The highest BCUT2D eigenvalue weighted by atomic mass is 16.6. The highest BCUT2D eigenvalue weighted by molar-refractivity contribution is 5.77. The van der Waals surface area contributed by atoms with E-state index in [1.165, 1.54) is 31.5 Å². The Hall–Kier alpha value is -1.79. The predicted octanol–water partition coefficient (Wildman–Crippen LogP) is 2.27. The zero-order valence-corrected chi connectivity index (χ0v) is 17.1. The molecule has 28 heavy (non-hydrogen) atoms. The largest absolute Gasteiger partial charge is 0.486 e. The Morgan fingerprint density at radius 1 is 0.964 bits per heavy atom. The first-order chi connectivity index (χ1) is 13.7. The summed E-state index contributed by atoms with van der Waals surface area (Å²) in [6.07, 6.45) is 3.77. The third-order valence-corrected chi connectivity index (χ3v) is 6.27. The van der Waals surface area contributed by atoms with Crippen LogP contribution >= 0.6 is 0 Å². The smallest absolute Gasteiger partial charge is 0.163 e. The summed E-state index contributed by atoms with van der Waals surface area (Å²) in [5.74, 6) is 2.85. The molecule has 0 amide bonds. The van der Waals surface area contributed by atoms with Gasteiger partial charge in [-0.25, -0.2) is 0 Å². The van der Waals surface area contributed by atoms with Gasteiger partial charge < -0.3 is 14.4 Å². The molecule has 154 valence electrons. The van der Waals surface area contributed by atoms with Crippen LogP contribution in [0.2, 0.25) is 0 Å². The van der Waals surface area contributed by atoms with Gasteiger partial charge in [0.1, 0.15) is 19.0 Å². The van der Waals surface area contributed by atoms with Crippen molar-refractivity contribution in [2.75, 3.05) is 70.5 Å². The molecule has 0 unspecified atom stereocenters. The fourth-order valence-corrected chi connectivity index (χ4v) is 4.57. The van der Waals surface area contributed by atoms with Crippen molar-refractivity contribution in [3.63, 3.8) is 0 Å². The number of anilines is 1. The molecule has 0 bridgehead atoms. The van der Waals surface area contributed by atoms with Crippen LogP contribution in [-0.2, 0) is 4.79 Å². The van der Waals surface area contributed by atoms with E-state index in [0.717, 1.165) is 56.7 Å². The predicted molar refractivity (Wildman–Crippen MR) is 111 cm³/mol. The molecule has 6 heteroatoms. The molecule has 3 aliphatic rings. The Kier molecular flexibility index (Phi) is 6.37. The van der Waals surface area contributed by atoms with Gasteiger partial charge in [-0.3, -0.25) is 14.6 Å². The normalized spacial score (nSPS) is 21.7. The first-order valence-electron chi connectivity index (χ1n) is 10.8. The molecular weight excluding hydrogens is 354 g/mol. The Labute approximate surface area is 168 Å². The van der Waals surface area contributed by atoms with E-state index in [0.29, 0.717) is 19.8 Å². The van der Waals surface area contributed by atoms with Crippen molar-refractivity contribution in [3.8, 4) is 11.5 Å². The minimum atomic E-state index is 0.286. The molecule has 1 aromatic rings. The molecule has 2 fully saturated rings. The van der Waals surface area contributed by atoms with Crippen molar-refractivity contribution in [3.05, 3.63) is 18.2 Å². The molecule has 3 aliphatic heterocycles. The minimum absolute atomic E-state index is 0.286. The summed E-state index contributed by atoms with van der Waals surface area (Å²) < 4.78 is 11.4. The number of likely N-dealkylation sites (tertiary alicyclic amines) is 1. The zero-order valence-electron chi connectivity index (χ0n) is 17.1. The second-order valence-corrected chi connectivity index (χ2v) is 8.37. The van der Waals surface area contributed by atoms with E-state index in [4.69, 9.17) is 9.47 Å². The summed E-state index contributed by atoms with van der Waals surface area (Å²) in [4.78, 5) is 18.6. The van der Waals surface area contributed by atoms with Crippen LogP contribution in [0.25, 0.3) is 0 Å². The molecule has 0 atom stereocenters. The van der Waals surface area contributed by atoms with Crippen LogP contribution in [0, 0.1) is 5.92 Å². The summed E-state index contributed by atoms with van der Waals surface area (Å²) in [5, 5.41) is 0. The first-order valence-corrected chi connectivity index (χ1v) is 10.8. The number of carbonyl (C=O) groups is 1. The van der Waals surface area contributed by atoms with Crippen LogP contribution in [0.1, 0.15) is 26.2 Å². The molecule has 4 rings (SSSR count). The summed E-state index contributed by atoms with van der Waals surface area (Å²) in [5.41, 5.74) is 1.24. The van der Waals surface area contributed by atoms with Gasteiger partial charge in [0.05, 0.1) is 6.54 Å². The summed E-state index contributed by atoms with van der Waals surface area (Å²) in [6.45, 7) is 11.4. The third-order valence-electron chi connectivity index (χ3n) is 6.27. The molecule has 3 heterocycles. The standard InChI is InChI=1S/C22H33N3O3/c1-18(26)17-24-8-5-19(6-9-24)4-7-23-10-12-25(13-11-23)20-2-3-21-22(16-20)28-15-14-27-21/h2-3,16,19H,4-15,17H2,1H3. The minimum Gasteiger partial charge on any atom is -0.486 e. The zero-order chi connectivity index (χ0) is 19.3. The van der Waals surface area contributed by atoms with Crippen molar-refractivity contribution in [2.45, 2.75) is 26.2 Å². The number of carbonyl (C=O) groups excluding carboxylic acids is 1. The molecule has 2 saturated heterocycles. The van der Waals surface area contributed by atoms with Crippen molar-refractivity contribution in [1.29, 1.82) is 0 Å². The number of Topliss-reactive ketones (excluding diaryl/α,β-unsaturated/α-hetero) is 1. The lowest BCUT2D eigenvalue weighted by atomic mass is 9.93. The van der Waals surface area contributed by atoms with E-state index < -0.39 is 0 Å². The maximum Gasteiger partial charge on any atom is 0.163 e. The quantitative estimate of drug-likeness (QED) is 0.746. The molecule has 0 saturated carbocycles. The SMILES string of the molecule is CC(=O)CN1CCC(CCN2CCN(c3ccc4c(c3)OCCO4)CC2)CC1. The maximum atomic E-state index is 11.3. The number of piperazine rings is 1. The molecule has 0 N–H and O–H groups in total. The summed E-state index contributed by atoms with van der Waals surface area (Å²) in [6, 6.07) is 6.31. The number of fused-ring (bicyclic) bond motifs is 1. The summed E-state index contributed by atoms with van der Waals surface area (Å²) >= 11 is 0. The number of hydrogen-bond donors (Lipinski definition) is 0. The molecule has 0 spiro atoms. The first kappa shape index (κ1) is 19.5. The van der Waals surface area contributed by atoms with E-state index in [2.05, 4.69) is 26.8 Å². The van der Waals surface area contributed by atoms with Gasteiger partial charge in [0.25, 0.3) is 0 Å². The molecular formula is C22H33N3O3. The van der Waals surface area contributed by atoms with Gasteiger partial charge in [0.2, 0.25) is 0 Å². The van der Waals surface area contributed by atoms with Gasteiger partial charge in [-0.1, -0.05) is 0 Å². The number of piperidine rings is 1. The number of hydrogen-bond acceptors (Lipinski definition) is 6. The van der Waals surface area contributed by atoms with E-state index >= 15 is 0 Å². The topological polar surface area (TPSA) is 45.3 Å². The van der Waals surface area contributed by atoms with Crippen LogP contribution in [0.3, 0.4) is 0 Å².